The highest BCUT2D eigenvalue weighted by Gasteiger charge is 1.97. The number of hydrogen-bond acceptors (Lipinski definition) is 1. The Morgan fingerprint density at radius 3 is 3.09 bits per heavy atom. The summed E-state index contributed by atoms with van der Waals surface area (Å²) in [5.41, 5.74) is 1.86. The molecule has 2 aromatic rings. The molecule has 0 aromatic carbocycles. The van der Waals surface area contributed by atoms with Crippen molar-refractivity contribution in [3.05, 3.63) is 35.9 Å². The molecule has 0 unspecified atom stereocenters. The molecule has 2 aromatic heterocycles. The molecule has 0 atom stereocenters. The van der Waals surface area contributed by atoms with Gasteiger partial charge < -0.3 is 0 Å². The van der Waals surface area contributed by atoms with Crippen molar-refractivity contribution < 1.29 is 4.39 Å². The Balaban J connectivity index is 2.82. The summed E-state index contributed by atoms with van der Waals surface area (Å²) in [6.45, 7) is 1.94. The molecule has 0 amide bonds. The summed E-state index contributed by atoms with van der Waals surface area (Å²) in [4.78, 5) is 0. The smallest absolute Gasteiger partial charge is 0.233 e. The summed E-state index contributed by atoms with van der Waals surface area (Å²) in [6.07, 6.45) is 1.79. The number of aromatic nitrogens is 2. The molecule has 56 valence electrons. The van der Waals surface area contributed by atoms with E-state index in [0.717, 1.165) is 11.1 Å². The van der Waals surface area contributed by atoms with Crippen LogP contribution in [0.15, 0.2) is 24.4 Å². The summed E-state index contributed by atoms with van der Waals surface area (Å²) in [7, 11) is 0. The Morgan fingerprint density at radius 2 is 2.27 bits per heavy atom. The van der Waals surface area contributed by atoms with Gasteiger partial charge in [-0.25, -0.2) is 4.52 Å². The maximum atomic E-state index is 12.5. The van der Waals surface area contributed by atoms with Crippen LogP contribution < -0.4 is 0 Å². The van der Waals surface area contributed by atoms with Crippen LogP contribution >= 0.6 is 0 Å². The number of fused-ring (bicyclic) bond motifs is 1. The van der Waals surface area contributed by atoms with Crippen LogP contribution in [0.1, 0.15) is 5.56 Å². The molecule has 11 heavy (non-hydrogen) atoms. The maximum Gasteiger partial charge on any atom is 0.233 e. The molecule has 2 heterocycles. The quantitative estimate of drug-likeness (QED) is 0.559. The minimum atomic E-state index is -0.435. The van der Waals surface area contributed by atoms with E-state index in [1.807, 2.05) is 19.1 Å². The fraction of sp³-hybridized carbons (Fsp3) is 0.125. The molecule has 0 bridgehead atoms. The Hall–Kier alpha value is -1.38. The highest BCUT2D eigenvalue weighted by molar-refractivity contribution is 5.46. The topological polar surface area (TPSA) is 17.3 Å². The zero-order valence-corrected chi connectivity index (χ0v) is 6.08. The van der Waals surface area contributed by atoms with Gasteiger partial charge in [0.2, 0.25) is 5.95 Å². The molecule has 0 saturated carbocycles. The molecular weight excluding hydrogens is 143 g/mol. The second-order valence-corrected chi connectivity index (χ2v) is 2.54. The zero-order valence-electron chi connectivity index (χ0n) is 6.08. The van der Waals surface area contributed by atoms with E-state index < -0.39 is 5.95 Å². The average Bonchev–Trinajstić information content (AvgIpc) is 2.27. The average molecular weight is 150 g/mol. The van der Waals surface area contributed by atoms with Crippen molar-refractivity contribution in [3.63, 3.8) is 0 Å². The summed E-state index contributed by atoms with van der Waals surface area (Å²) >= 11 is 0. The summed E-state index contributed by atoms with van der Waals surface area (Å²) in [5, 5.41) is 3.62. The van der Waals surface area contributed by atoms with Crippen LogP contribution in [0.2, 0.25) is 0 Å². The number of halogens is 1. The molecule has 0 aliphatic rings. The van der Waals surface area contributed by atoms with Gasteiger partial charge in [0.05, 0.1) is 5.52 Å². The lowest BCUT2D eigenvalue weighted by Crippen LogP contribution is -1.87. The lowest BCUT2D eigenvalue weighted by Gasteiger charge is -1.92. The molecule has 0 saturated heterocycles. The van der Waals surface area contributed by atoms with Crippen molar-refractivity contribution in [2.75, 3.05) is 0 Å². The van der Waals surface area contributed by atoms with Crippen LogP contribution in [0.4, 0.5) is 4.39 Å². The second-order valence-electron chi connectivity index (χ2n) is 2.54. The van der Waals surface area contributed by atoms with E-state index in [2.05, 4.69) is 5.10 Å². The minimum Gasteiger partial charge on any atom is -0.238 e. The Bertz CT molecular complexity index is 392. The monoisotopic (exact) mass is 150 g/mol. The number of aryl methyl sites for hydroxylation is 1. The van der Waals surface area contributed by atoms with Gasteiger partial charge in [-0.1, -0.05) is 6.07 Å². The van der Waals surface area contributed by atoms with Crippen molar-refractivity contribution in [3.8, 4) is 0 Å². The van der Waals surface area contributed by atoms with Gasteiger partial charge in [0, 0.05) is 12.3 Å². The van der Waals surface area contributed by atoms with E-state index in [1.165, 1.54) is 10.6 Å². The van der Waals surface area contributed by atoms with Gasteiger partial charge in [0.15, 0.2) is 0 Å². The summed E-state index contributed by atoms with van der Waals surface area (Å²) < 4.78 is 14.1. The second kappa shape index (κ2) is 2.05. The normalized spacial score (nSPS) is 10.7. The molecule has 0 fully saturated rings. The van der Waals surface area contributed by atoms with Crippen LogP contribution in [0.5, 0.6) is 0 Å². The predicted octanol–water partition coefficient (Wildman–Crippen LogP) is 1.78. The lowest BCUT2D eigenvalue weighted by molar-refractivity contribution is 0.571. The summed E-state index contributed by atoms with van der Waals surface area (Å²) in [6, 6.07) is 5.17. The van der Waals surface area contributed by atoms with E-state index in [1.54, 1.807) is 6.20 Å². The molecular formula is C8H7FN2. The standard InChI is InChI=1S/C8H7FN2/c1-6-2-3-7-4-8(9)10-11(7)5-6/h2-5H,1H3. The first-order chi connectivity index (χ1) is 5.25. The fourth-order valence-electron chi connectivity index (χ4n) is 1.06. The van der Waals surface area contributed by atoms with Crippen LogP contribution in [0, 0.1) is 12.9 Å². The first kappa shape index (κ1) is 6.34. The molecule has 2 nitrogen and oxygen atoms in total. The molecule has 0 radical (unpaired) electrons. The van der Waals surface area contributed by atoms with Crippen molar-refractivity contribution in [2.45, 2.75) is 6.92 Å². The van der Waals surface area contributed by atoms with Crippen LogP contribution in [0.25, 0.3) is 5.52 Å². The van der Waals surface area contributed by atoms with Crippen molar-refractivity contribution in [1.29, 1.82) is 0 Å². The van der Waals surface area contributed by atoms with Crippen molar-refractivity contribution in [1.82, 2.24) is 9.61 Å². The minimum absolute atomic E-state index is 0.435. The molecule has 0 N–H and O–H groups in total. The third-order valence-electron chi connectivity index (χ3n) is 1.58. The number of pyridine rings is 1. The first-order valence-corrected chi connectivity index (χ1v) is 3.37. The Labute approximate surface area is 63.3 Å². The van der Waals surface area contributed by atoms with E-state index in [-0.39, 0.29) is 0 Å². The largest absolute Gasteiger partial charge is 0.238 e. The van der Waals surface area contributed by atoms with Crippen LogP contribution in [-0.2, 0) is 0 Å². The van der Waals surface area contributed by atoms with Gasteiger partial charge in [-0.05, 0) is 18.6 Å². The highest BCUT2D eigenvalue weighted by Crippen LogP contribution is 2.06. The van der Waals surface area contributed by atoms with Gasteiger partial charge in [-0.15, -0.1) is 5.10 Å². The summed E-state index contributed by atoms with van der Waals surface area (Å²) in [5.74, 6) is -0.435. The van der Waals surface area contributed by atoms with Gasteiger partial charge in [-0.3, -0.25) is 0 Å². The van der Waals surface area contributed by atoms with Crippen LogP contribution in [0.3, 0.4) is 0 Å². The predicted molar refractivity (Wildman–Crippen MR) is 39.9 cm³/mol. The zero-order chi connectivity index (χ0) is 7.84. The van der Waals surface area contributed by atoms with Crippen molar-refractivity contribution >= 4 is 5.52 Å². The van der Waals surface area contributed by atoms with E-state index in [0.29, 0.717) is 0 Å². The number of hydrogen-bond donors (Lipinski definition) is 0. The molecule has 0 aliphatic carbocycles. The van der Waals surface area contributed by atoms with E-state index in [9.17, 15) is 4.39 Å². The SMILES string of the molecule is Cc1ccc2cc(F)nn2c1. The lowest BCUT2D eigenvalue weighted by atomic mass is 10.3. The molecule has 0 aliphatic heterocycles. The van der Waals surface area contributed by atoms with E-state index in [4.69, 9.17) is 0 Å². The molecule has 3 heteroatoms. The van der Waals surface area contributed by atoms with Gasteiger partial charge in [0.25, 0.3) is 0 Å². The van der Waals surface area contributed by atoms with Gasteiger partial charge in [-0.2, -0.15) is 4.39 Å². The Kier molecular flexibility index (Phi) is 1.18. The maximum absolute atomic E-state index is 12.5. The molecule has 0 spiro atoms. The van der Waals surface area contributed by atoms with Crippen molar-refractivity contribution in [2.24, 2.45) is 0 Å². The molecule has 2 rings (SSSR count). The van der Waals surface area contributed by atoms with Crippen LogP contribution in [-0.4, -0.2) is 9.61 Å². The third-order valence-corrected chi connectivity index (χ3v) is 1.58. The Morgan fingerprint density at radius 1 is 1.45 bits per heavy atom. The fourth-order valence-corrected chi connectivity index (χ4v) is 1.06. The number of nitrogens with zero attached hydrogens (tertiary/aromatic N) is 2. The first-order valence-electron chi connectivity index (χ1n) is 3.37. The highest BCUT2D eigenvalue weighted by atomic mass is 19.1. The van der Waals surface area contributed by atoms with Gasteiger partial charge in [0.1, 0.15) is 0 Å². The van der Waals surface area contributed by atoms with E-state index >= 15 is 0 Å². The van der Waals surface area contributed by atoms with Gasteiger partial charge >= 0.3 is 0 Å². The third kappa shape index (κ3) is 0.981. The number of rotatable bonds is 0.